The van der Waals surface area contributed by atoms with Gasteiger partial charge in [0.25, 0.3) is 17.7 Å². The van der Waals surface area contributed by atoms with E-state index in [1.165, 1.54) is 27.6 Å². The third kappa shape index (κ3) is 3.02. The second-order valence-electron chi connectivity index (χ2n) is 5.49. The molecule has 1 N–H and O–H groups in total. The van der Waals surface area contributed by atoms with Crippen molar-refractivity contribution in [3.63, 3.8) is 0 Å². The van der Waals surface area contributed by atoms with E-state index in [1.54, 1.807) is 36.4 Å². The minimum atomic E-state index is -0.290. The van der Waals surface area contributed by atoms with E-state index in [9.17, 15) is 14.4 Å². The number of fused-ring (bicyclic) bond motifs is 1. The van der Waals surface area contributed by atoms with Gasteiger partial charge in [-0.05, 0) is 23.6 Å². The Hall–Kier alpha value is -2.91. The number of nitrogens with one attached hydrogen (secondary N) is 1. The molecule has 0 fully saturated rings. The van der Waals surface area contributed by atoms with E-state index in [1.807, 2.05) is 5.38 Å². The van der Waals surface area contributed by atoms with Gasteiger partial charge in [-0.15, -0.1) is 21.5 Å². The predicted octanol–water partition coefficient (Wildman–Crippen LogP) is 2.69. The molecule has 0 spiro atoms. The summed E-state index contributed by atoms with van der Waals surface area (Å²) < 4.78 is 0. The maximum absolute atomic E-state index is 12.3. The molecule has 1 aromatic carbocycles. The molecule has 130 valence electrons. The number of rotatable bonds is 5. The summed E-state index contributed by atoms with van der Waals surface area (Å²) >= 11 is 2.57. The number of aromatic nitrogens is 2. The van der Waals surface area contributed by atoms with Gasteiger partial charge in [0, 0.05) is 13.0 Å². The Morgan fingerprint density at radius 3 is 2.42 bits per heavy atom. The summed E-state index contributed by atoms with van der Waals surface area (Å²) in [6.07, 6.45) is 0.387. The van der Waals surface area contributed by atoms with Crippen LogP contribution >= 0.6 is 22.7 Å². The van der Waals surface area contributed by atoms with Gasteiger partial charge in [-0.3, -0.25) is 24.6 Å². The van der Waals surface area contributed by atoms with E-state index < -0.39 is 0 Å². The molecule has 4 rings (SSSR count). The summed E-state index contributed by atoms with van der Waals surface area (Å²) in [5, 5.41) is 13.5. The third-order valence-corrected chi connectivity index (χ3v) is 5.63. The topological polar surface area (TPSA) is 92.3 Å². The summed E-state index contributed by atoms with van der Waals surface area (Å²) in [5.74, 6) is -0.814. The van der Waals surface area contributed by atoms with Crippen molar-refractivity contribution in [2.24, 2.45) is 0 Å². The minimum absolute atomic E-state index is 0.222. The highest BCUT2D eigenvalue weighted by Gasteiger charge is 2.34. The number of thiophene rings is 1. The molecule has 0 saturated carbocycles. The number of amides is 3. The number of carbonyl (C=O) groups excluding carboxylic acids is 3. The molecule has 9 heteroatoms. The van der Waals surface area contributed by atoms with Crippen molar-refractivity contribution in [2.75, 3.05) is 11.9 Å². The number of imide groups is 1. The van der Waals surface area contributed by atoms with Crippen LogP contribution in [0.2, 0.25) is 0 Å². The molecule has 0 unspecified atom stereocenters. The van der Waals surface area contributed by atoms with Crippen molar-refractivity contribution in [1.29, 1.82) is 0 Å². The lowest BCUT2D eigenvalue weighted by Crippen LogP contribution is -2.31. The average molecular weight is 384 g/mol. The van der Waals surface area contributed by atoms with Crippen LogP contribution in [0, 0.1) is 0 Å². The van der Waals surface area contributed by atoms with Crippen molar-refractivity contribution in [2.45, 2.75) is 6.42 Å². The minimum Gasteiger partial charge on any atom is -0.296 e. The fourth-order valence-corrected chi connectivity index (χ4v) is 3.96. The van der Waals surface area contributed by atoms with Crippen LogP contribution in [0.1, 0.15) is 35.4 Å². The van der Waals surface area contributed by atoms with Crippen LogP contribution in [0.25, 0.3) is 0 Å². The number of benzene rings is 1. The highest BCUT2D eigenvalue weighted by atomic mass is 32.1. The van der Waals surface area contributed by atoms with Gasteiger partial charge in [-0.2, -0.15) is 0 Å². The van der Waals surface area contributed by atoms with E-state index in [0.29, 0.717) is 32.6 Å². The van der Waals surface area contributed by atoms with Crippen molar-refractivity contribution in [1.82, 2.24) is 15.1 Å². The molecule has 26 heavy (non-hydrogen) atoms. The first-order chi connectivity index (χ1) is 12.6. The van der Waals surface area contributed by atoms with Crippen molar-refractivity contribution < 1.29 is 14.4 Å². The normalized spacial score (nSPS) is 13.2. The van der Waals surface area contributed by atoms with E-state index in [-0.39, 0.29) is 24.3 Å². The van der Waals surface area contributed by atoms with Gasteiger partial charge >= 0.3 is 0 Å². The van der Waals surface area contributed by atoms with Crippen LogP contribution in [-0.4, -0.2) is 39.4 Å². The quantitative estimate of drug-likeness (QED) is 0.683. The summed E-state index contributed by atoms with van der Waals surface area (Å²) in [5.41, 5.74) is 0.859. The molecule has 0 atom stereocenters. The maximum atomic E-state index is 12.3. The van der Waals surface area contributed by atoms with Gasteiger partial charge in [0.1, 0.15) is 5.01 Å². The van der Waals surface area contributed by atoms with Gasteiger partial charge < -0.3 is 0 Å². The van der Waals surface area contributed by atoms with E-state index in [4.69, 9.17) is 0 Å². The molecule has 0 aliphatic carbocycles. The highest BCUT2D eigenvalue weighted by molar-refractivity contribution is 7.15. The number of anilines is 1. The zero-order chi connectivity index (χ0) is 18.1. The van der Waals surface area contributed by atoms with Gasteiger partial charge in [-0.25, -0.2) is 0 Å². The summed E-state index contributed by atoms with van der Waals surface area (Å²) in [7, 11) is 0. The Morgan fingerprint density at radius 2 is 1.77 bits per heavy atom. The summed E-state index contributed by atoms with van der Waals surface area (Å²) in [6.45, 7) is 0.222. The van der Waals surface area contributed by atoms with E-state index >= 15 is 0 Å². The molecule has 0 bridgehead atoms. The smallest absolute Gasteiger partial charge is 0.267 e. The second-order valence-corrected chi connectivity index (χ2v) is 7.50. The Bertz CT molecular complexity index is 962. The van der Waals surface area contributed by atoms with E-state index in [0.717, 1.165) is 0 Å². The van der Waals surface area contributed by atoms with Gasteiger partial charge in [0.2, 0.25) is 5.13 Å². The Kier molecular flexibility index (Phi) is 4.31. The van der Waals surface area contributed by atoms with Crippen molar-refractivity contribution in [3.05, 3.63) is 62.8 Å². The largest absolute Gasteiger partial charge is 0.296 e. The molecule has 3 heterocycles. The summed E-state index contributed by atoms with van der Waals surface area (Å²) in [6, 6.07) is 10.3. The van der Waals surface area contributed by atoms with Gasteiger partial charge in [0.15, 0.2) is 0 Å². The van der Waals surface area contributed by atoms with Crippen molar-refractivity contribution in [3.8, 4) is 0 Å². The van der Waals surface area contributed by atoms with Crippen LogP contribution in [-0.2, 0) is 6.42 Å². The molecule has 3 amide bonds. The molecule has 2 aromatic heterocycles. The lowest BCUT2D eigenvalue weighted by atomic mass is 10.1. The lowest BCUT2D eigenvalue weighted by Gasteiger charge is -2.12. The second kappa shape index (κ2) is 6.77. The van der Waals surface area contributed by atoms with Crippen LogP contribution in [0.5, 0.6) is 0 Å². The first kappa shape index (κ1) is 16.6. The lowest BCUT2D eigenvalue weighted by molar-refractivity contribution is 0.0655. The molecular formula is C17H12N4O3S2. The molecule has 7 nitrogen and oxygen atoms in total. The van der Waals surface area contributed by atoms with Gasteiger partial charge in [0.05, 0.1) is 16.0 Å². The first-order valence-corrected chi connectivity index (χ1v) is 9.45. The number of carbonyl (C=O) groups is 3. The highest BCUT2D eigenvalue weighted by Crippen LogP contribution is 2.24. The monoisotopic (exact) mass is 384 g/mol. The number of hydrogen-bond acceptors (Lipinski definition) is 7. The van der Waals surface area contributed by atoms with Crippen LogP contribution in [0.15, 0.2) is 41.8 Å². The van der Waals surface area contributed by atoms with Crippen LogP contribution in [0.3, 0.4) is 0 Å². The molecule has 0 radical (unpaired) electrons. The molecule has 1 aliphatic heterocycles. The average Bonchev–Trinajstić information content (AvgIpc) is 3.37. The molecular weight excluding hydrogens is 372 g/mol. The Morgan fingerprint density at radius 1 is 1.04 bits per heavy atom. The fraction of sp³-hybridized carbons (Fsp3) is 0.118. The first-order valence-electron chi connectivity index (χ1n) is 7.76. The van der Waals surface area contributed by atoms with Gasteiger partial charge in [-0.1, -0.05) is 29.5 Å². The maximum Gasteiger partial charge on any atom is 0.267 e. The Balaban J connectivity index is 1.39. The fourth-order valence-electron chi connectivity index (χ4n) is 2.62. The zero-order valence-electron chi connectivity index (χ0n) is 13.3. The zero-order valence-corrected chi connectivity index (χ0v) is 15.0. The van der Waals surface area contributed by atoms with Crippen LogP contribution < -0.4 is 5.32 Å². The molecule has 0 saturated heterocycles. The van der Waals surface area contributed by atoms with Crippen molar-refractivity contribution >= 4 is 45.5 Å². The predicted molar refractivity (Wildman–Crippen MR) is 97.7 cm³/mol. The number of nitrogens with zero attached hydrogens (tertiary/aromatic N) is 3. The molecule has 3 aromatic rings. The third-order valence-electron chi connectivity index (χ3n) is 3.86. The van der Waals surface area contributed by atoms with E-state index in [2.05, 4.69) is 15.5 Å². The molecule has 1 aliphatic rings. The number of hydrogen-bond donors (Lipinski definition) is 1. The van der Waals surface area contributed by atoms with Crippen LogP contribution in [0.4, 0.5) is 5.13 Å². The summed E-state index contributed by atoms with van der Waals surface area (Å²) in [4.78, 5) is 38.5. The Labute approximate surface area is 156 Å². The SMILES string of the molecule is O=C(Nc1nnc(CCN2C(=O)c3ccccc3C2=O)s1)c1cccs1. The standard InChI is InChI=1S/C17H12N4O3S2/c22-14(12-6-3-9-25-12)18-17-20-19-13(26-17)7-8-21-15(23)10-4-1-2-5-11(10)16(21)24/h1-6,9H,7-8H2,(H,18,20,22).